The van der Waals surface area contributed by atoms with Crippen molar-refractivity contribution >= 4 is 33.8 Å². The molecule has 0 amide bonds. The summed E-state index contributed by atoms with van der Waals surface area (Å²) in [7, 11) is 1.85. The Morgan fingerprint density at radius 1 is 1.25 bits per heavy atom. The first-order chi connectivity index (χ1) is 11.6. The van der Waals surface area contributed by atoms with E-state index in [-0.39, 0.29) is 5.69 Å². The molecule has 0 atom stereocenters. The molecule has 3 aromatic rings. The Labute approximate surface area is 138 Å². The lowest BCUT2D eigenvalue weighted by atomic mass is 10.1. The summed E-state index contributed by atoms with van der Waals surface area (Å²) in [6, 6.07) is 6.88. The van der Waals surface area contributed by atoms with E-state index in [1.165, 1.54) is 12.4 Å². The van der Waals surface area contributed by atoms with Gasteiger partial charge in [-0.2, -0.15) is 0 Å². The molecule has 8 heteroatoms. The third kappa shape index (κ3) is 2.81. The third-order valence-corrected chi connectivity index (χ3v) is 3.66. The average molecular weight is 324 g/mol. The third-order valence-electron chi connectivity index (χ3n) is 3.66. The number of aromatic nitrogens is 3. The first-order valence-corrected chi connectivity index (χ1v) is 7.42. The molecule has 2 heterocycles. The van der Waals surface area contributed by atoms with Gasteiger partial charge in [0.25, 0.3) is 5.69 Å². The SMILES string of the molecule is CCNc1cc2ncnc(N(C)c3ccncc3)c2cc1[N+](=O)[O-]. The molecule has 24 heavy (non-hydrogen) atoms. The lowest BCUT2D eigenvalue weighted by Crippen LogP contribution is -2.12. The van der Waals surface area contributed by atoms with Crippen LogP contribution < -0.4 is 10.2 Å². The van der Waals surface area contributed by atoms with E-state index in [0.717, 1.165) is 5.69 Å². The molecule has 1 aromatic carbocycles. The Morgan fingerprint density at radius 2 is 2.00 bits per heavy atom. The lowest BCUT2D eigenvalue weighted by Gasteiger charge is -2.19. The molecule has 0 radical (unpaired) electrons. The Balaban J connectivity index is 2.19. The molecule has 8 nitrogen and oxygen atoms in total. The van der Waals surface area contributed by atoms with Gasteiger partial charge in [0.15, 0.2) is 0 Å². The van der Waals surface area contributed by atoms with Crippen LogP contribution in [0.25, 0.3) is 10.9 Å². The van der Waals surface area contributed by atoms with Crippen LogP contribution in [0.15, 0.2) is 43.0 Å². The predicted molar refractivity (Wildman–Crippen MR) is 92.7 cm³/mol. The van der Waals surface area contributed by atoms with Crippen molar-refractivity contribution in [1.82, 2.24) is 15.0 Å². The van der Waals surface area contributed by atoms with Crippen molar-refractivity contribution in [2.45, 2.75) is 6.92 Å². The molecule has 0 fully saturated rings. The van der Waals surface area contributed by atoms with Crippen molar-refractivity contribution in [2.24, 2.45) is 0 Å². The molecule has 2 aromatic heterocycles. The van der Waals surface area contributed by atoms with Gasteiger partial charge >= 0.3 is 0 Å². The molecule has 0 saturated heterocycles. The highest BCUT2D eigenvalue weighted by atomic mass is 16.6. The van der Waals surface area contributed by atoms with Gasteiger partial charge in [-0.1, -0.05) is 0 Å². The second-order valence-electron chi connectivity index (χ2n) is 5.14. The predicted octanol–water partition coefficient (Wildman–Crippen LogP) is 3.13. The summed E-state index contributed by atoms with van der Waals surface area (Å²) in [4.78, 5) is 25.4. The van der Waals surface area contributed by atoms with Gasteiger partial charge in [0.05, 0.1) is 15.8 Å². The number of nitrogens with zero attached hydrogens (tertiary/aromatic N) is 5. The second-order valence-corrected chi connectivity index (χ2v) is 5.14. The van der Waals surface area contributed by atoms with E-state index < -0.39 is 4.92 Å². The fraction of sp³-hybridized carbons (Fsp3) is 0.188. The molecule has 0 bridgehead atoms. The number of fused-ring (bicyclic) bond motifs is 1. The molecule has 3 rings (SSSR count). The van der Waals surface area contributed by atoms with Gasteiger partial charge in [-0.05, 0) is 25.1 Å². The van der Waals surface area contributed by atoms with Crippen molar-refractivity contribution < 1.29 is 4.92 Å². The second kappa shape index (κ2) is 6.45. The topological polar surface area (TPSA) is 97.1 Å². The number of hydrogen-bond acceptors (Lipinski definition) is 7. The zero-order valence-electron chi connectivity index (χ0n) is 13.3. The highest BCUT2D eigenvalue weighted by molar-refractivity contribution is 5.96. The Bertz CT molecular complexity index is 884. The van der Waals surface area contributed by atoms with Crippen LogP contribution >= 0.6 is 0 Å². The van der Waals surface area contributed by atoms with Gasteiger partial charge in [0.1, 0.15) is 17.8 Å². The monoisotopic (exact) mass is 324 g/mol. The van der Waals surface area contributed by atoms with Gasteiger partial charge in [0.2, 0.25) is 0 Å². The smallest absolute Gasteiger partial charge is 0.293 e. The largest absolute Gasteiger partial charge is 0.380 e. The summed E-state index contributed by atoms with van der Waals surface area (Å²) < 4.78 is 0. The standard InChI is InChI=1S/C16H16N6O2/c1-3-18-14-9-13-12(8-15(14)22(23)24)16(20-10-19-13)21(2)11-4-6-17-7-5-11/h4-10,18H,3H2,1-2H3. The fourth-order valence-electron chi connectivity index (χ4n) is 2.52. The summed E-state index contributed by atoms with van der Waals surface area (Å²) in [5, 5.41) is 15.0. The molecule has 0 spiro atoms. The molecule has 0 saturated carbocycles. The van der Waals surface area contributed by atoms with Crippen molar-refractivity contribution in [2.75, 3.05) is 23.8 Å². The van der Waals surface area contributed by atoms with E-state index in [9.17, 15) is 10.1 Å². The number of pyridine rings is 1. The highest BCUT2D eigenvalue weighted by Crippen LogP contribution is 2.34. The zero-order valence-corrected chi connectivity index (χ0v) is 13.3. The number of anilines is 3. The summed E-state index contributed by atoms with van der Waals surface area (Å²) in [5.74, 6) is 0.595. The number of rotatable bonds is 5. The van der Waals surface area contributed by atoms with Crippen LogP contribution in [0.2, 0.25) is 0 Å². The van der Waals surface area contributed by atoms with Gasteiger partial charge in [0, 0.05) is 37.7 Å². The molecule has 0 aliphatic rings. The first-order valence-electron chi connectivity index (χ1n) is 7.42. The van der Waals surface area contributed by atoms with Crippen LogP contribution in [-0.4, -0.2) is 33.5 Å². The van der Waals surface area contributed by atoms with E-state index in [0.29, 0.717) is 29.0 Å². The number of nitro groups is 1. The Hall–Kier alpha value is -3.29. The number of hydrogen-bond donors (Lipinski definition) is 1. The fourth-order valence-corrected chi connectivity index (χ4v) is 2.52. The van der Waals surface area contributed by atoms with Crippen molar-refractivity contribution in [1.29, 1.82) is 0 Å². The summed E-state index contributed by atoms with van der Waals surface area (Å²) in [6.45, 7) is 2.47. The van der Waals surface area contributed by atoms with E-state index >= 15 is 0 Å². The van der Waals surface area contributed by atoms with Crippen LogP contribution in [-0.2, 0) is 0 Å². The molecule has 0 unspecified atom stereocenters. The minimum absolute atomic E-state index is 0.00327. The van der Waals surface area contributed by atoms with Crippen molar-refractivity contribution in [3.05, 3.63) is 53.1 Å². The van der Waals surface area contributed by atoms with Crippen LogP contribution in [0.3, 0.4) is 0 Å². The van der Waals surface area contributed by atoms with Crippen molar-refractivity contribution in [3.8, 4) is 0 Å². The minimum atomic E-state index is -0.402. The number of benzene rings is 1. The average Bonchev–Trinajstić information content (AvgIpc) is 2.61. The molecule has 1 N–H and O–H groups in total. The normalized spacial score (nSPS) is 10.6. The highest BCUT2D eigenvalue weighted by Gasteiger charge is 2.19. The van der Waals surface area contributed by atoms with Gasteiger partial charge in [-0.25, -0.2) is 9.97 Å². The van der Waals surface area contributed by atoms with E-state index in [1.807, 2.05) is 31.0 Å². The van der Waals surface area contributed by atoms with Crippen LogP contribution in [0.4, 0.5) is 22.9 Å². The van der Waals surface area contributed by atoms with E-state index in [1.54, 1.807) is 18.5 Å². The summed E-state index contributed by atoms with van der Waals surface area (Å²) in [5.41, 5.74) is 1.97. The van der Waals surface area contributed by atoms with Gasteiger partial charge in [-0.15, -0.1) is 0 Å². The maximum absolute atomic E-state index is 11.4. The minimum Gasteiger partial charge on any atom is -0.380 e. The maximum Gasteiger partial charge on any atom is 0.293 e. The first kappa shape index (κ1) is 15.6. The van der Waals surface area contributed by atoms with E-state index in [2.05, 4.69) is 20.3 Å². The molecule has 0 aliphatic carbocycles. The number of nitro benzene ring substituents is 1. The molecule has 0 aliphatic heterocycles. The van der Waals surface area contributed by atoms with Gasteiger partial charge in [-0.3, -0.25) is 15.1 Å². The van der Waals surface area contributed by atoms with Crippen LogP contribution in [0.1, 0.15) is 6.92 Å². The van der Waals surface area contributed by atoms with Crippen LogP contribution in [0.5, 0.6) is 0 Å². The number of nitrogens with one attached hydrogen (secondary N) is 1. The zero-order chi connectivity index (χ0) is 17.1. The quantitative estimate of drug-likeness (QED) is 0.568. The summed E-state index contributed by atoms with van der Waals surface area (Å²) in [6.07, 6.45) is 4.82. The van der Waals surface area contributed by atoms with E-state index in [4.69, 9.17) is 0 Å². The molecule has 122 valence electrons. The molecular weight excluding hydrogens is 308 g/mol. The summed E-state index contributed by atoms with van der Waals surface area (Å²) >= 11 is 0. The van der Waals surface area contributed by atoms with Crippen molar-refractivity contribution in [3.63, 3.8) is 0 Å². The van der Waals surface area contributed by atoms with Crippen LogP contribution in [0, 0.1) is 10.1 Å². The Kier molecular flexibility index (Phi) is 4.19. The lowest BCUT2D eigenvalue weighted by molar-refractivity contribution is -0.383. The molecular formula is C16H16N6O2. The maximum atomic E-state index is 11.4. The Morgan fingerprint density at radius 3 is 2.67 bits per heavy atom. The van der Waals surface area contributed by atoms with Gasteiger partial charge < -0.3 is 10.2 Å².